The van der Waals surface area contributed by atoms with Crippen LogP contribution in [0.15, 0.2) is 24.0 Å². The van der Waals surface area contributed by atoms with Crippen LogP contribution in [0.25, 0.3) is 0 Å². The van der Waals surface area contributed by atoms with Crippen molar-refractivity contribution in [2.75, 3.05) is 20.6 Å². The molecule has 1 aliphatic heterocycles. The van der Waals surface area contributed by atoms with Crippen LogP contribution in [0.1, 0.15) is 35.3 Å². The number of hydrogen-bond donors (Lipinski definition) is 0. The molecule has 0 amide bonds. The van der Waals surface area contributed by atoms with Crippen molar-refractivity contribution < 1.29 is 0 Å². The van der Waals surface area contributed by atoms with Crippen molar-refractivity contribution in [3.63, 3.8) is 0 Å². The predicted molar refractivity (Wildman–Crippen MR) is 83.9 cm³/mol. The van der Waals surface area contributed by atoms with Crippen LogP contribution in [0, 0.1) is 0 Å². The van der Waals surface area contributed by atoms with Gasteiger partial charge in [-0.3, -0.25) is 14.9 Å². The maximum Gasteiger partial charge on any atom is 0.107 e. The van der Waals surface area contributed by atoms with Crippen molar-refractivity contribution in [3.05, 3.63) is 40.4 Å². The van der Waals surface area contributed by atoms with Crippen molar-refractivity contribution in [1.29, 1.82) is 0 Å². The molecule has 2 aromatic rings. The van der Waals surface area contributed by atoms with Gasteiger partial charge < -0.3 is 4.90 Å². The first kappa shape index (κ1) is 14.6. The smallest absolute Gasteiger partial charge is 0.107 e. The summed E-state index contributed by atoms with van der Waals surface area (Å²) >= 11 is 1.72. The Morgan fingerprint density at radius 3 is 3.05 bits per heavy atom. The standard InChI is InChI=1S/C15H21N5S/c1-19(2)10-12-8-16-9-13(18-12)14-4-3-6-20(14)11-15-17-5-7-21-15/h5,7-9,14H,3-4,6,10-11H2,1-2H3/t14-/m1/s1. The van der Waals surface area contributed by atoms with Crippen LogP contribution in [-0.2, 0) is 13.1 Å². The lowest BCUT2D eigenvalue weighted by molar-refractivity contribution is 0.243. The first-order valence-electron chi connectivity index (χ1n) is 7.30. The summed E-state index contributed by atoms with van der Waals surface area (Å²) in [4.78, 5) is 18.2. The molecule has 3 heterocycles. The molecule has 0 saturated carbocycles. The lowest BCUT2D eigenvalue weighted by atomic mass is 10.1. The maximum absolute atomic E-state index is 4.81. The van der Waals surface area contributed by atoms with E-state index in [1.807, 2.05) is 24.0 Å². The Bertz CT molecular complexity index is 569. The molecule has 5 nitrogen and oxygen atoms in total. The highest BCUT2D eigenvalue weighted by Gasteiger charge is 2.28. The lowest BCUT2D eigenvalue weighted by Crippen LogP contribution is -2.24. The summed E-state index contributed by atoms with van der Waals surface area (Å²) in [6, 6.07) is 0.378. The van der Waals surface area contributed by atoms with Crippen LogP contribution in [0.3, 0.4) is 0 Å². The molecule has 0 aromatic carbocycles. The molecule has 0 bridgehead atoms. The largest absolute Gasteiger partial charge is 0.304 e. The zero-order valence-corrected chi connectivity index (χ0v) is 13.4. The average Bonchev–Trinajstić information content (AvgIpc) is 3.10. The van der Waals surface area contributed by atoms with Crippen LogP contribution in [0.4, 0.5) is 0 Å². The van der Waals surface area contributed by atoms with E-state index in [0.29, 0.717) is 6.04 Å². The van der Waals surface area contributed by atoms with Crippen molar-refractivity contribution in [2.45, 2.75) is 32.0 Å². The van der Waals surface area contributed by atoms with E-state index >= 15 is 0 Å². The SMILES string of the molecule is CN(C)Cc1cncc([C@H]2CCCN2Cc2nccs2)n1. The molecule has 1 aliphatic rings. The summed E-state index contributed by atoms with van der Waals surface area (Å²) in [6.45, 7) is 2.87. The van der Waals surface area contributed by atoms with Gasteiger partial charge in [-0.25, -0.2) is 4.98 Å². The first-order chi connectivity index (χ1) is 10.2. The van der Waals surface area contributed by atoms with Crippen LogP contribution >= 0.6 is 11.3 Å². The highest BCUT2D eigenvalue weighted by molar-refractivity contribution is 7.09. The first-order valence-corrected chi connectivity index (χ1v) is 8.18. The van der Waals surface area contributed by atoms with Gasteiger partial charge in [0.15, 0.2) is 0 Å². The fourth-order valence-corrected chi connectivity index (χ4v) is 3.48. The Balaban J connectivity index is 1.75. The van der Waals surface area contributed by atoms with Gasteiger partial charge in [-0.2, -0.15) is 0 Å². The monoisotopic (exact) mass is 303 g/mol. The summed E-state index contributed by atoms with van der Waals surface area (Å²) in [5.41, 5.74) is 2.14. The third kappa shape index (κ3) is 3.64. The summed E-state index contributed by atoms with van der Waals surface area (Å²) in [6.07, 6.45) is 8.04. The zero-order valence-electron chi connectivity index (χ0n) is 12.6. The topological polar surface area (TPSA) is 45.2 Å². The Morgan fingerprint density at radius 2 is 2.29 bits per heavy atom. The predicted octanol–water partition coefficient (Wildman–Crippen LogP) is 2.33. The molecule has 1 atom stereocenters. The van der Waals surface area contributed by atoms with Crippen molar-refractivity contribution in [1.82, 2.24) is 24.8 Å². The highest BCUT2D eigenvalue weighted by Crippen LogP contribution is 2.32. The second kappa shape index (κ2) is 6.60. The number of rotatable bonds is 5. The molecule has 0 N–H and O–H groups in total. The molecule has 112 valence electrons. The summed E-state index contributed by atoms with van der Waals surface area (Å²) in [5.74, 6) is 0. The molecule has 1 fully saturated rings. The van der Waals surface area contributed by atoms with Gasteiger partial charge in [-0.05, 0) is 33.5 Å². The average molecular weight is 303 g/mol. The molecule has 0 aliphatic carbocycles. The van der Waals surface area contributed by atoms with E-state index in [0.717, 1.165) is 37.4 Å². The van der Waals surface area contributed by atoms with Gasteiger partial charge in [-0.15, -0.1) is 11.3 Å². The van der Waals surface area contributed by atoms with Crippen LogP contribution in [0.2, 0.25) is 0 Å². The van der Waals surface area contributed by atoms with Crippen LogP contribution < -0.4 is 0 Å². The lowest BCUT2D eigenvalue weighted by Gasteiger charge is -2.23. The van der Waals surface area contributed by atoms with Gasteiger partial charge >= 0.3 is 0 Å². The number of aromatic nitrogens is 3. The van der Waals surface area contributed by atoms with E-state index in [2.05, 4.69) is 33.9 Å². The molecule has 6 heteroatoms. The molecule has 0 unspecified atom stereocenters. The van der Waals surface area contributed by atoms with E-state index in [1.165, 1.54) is 11.4 Å². The van der Waals surface area contributed by atoms with E-state index in [4.69, 9.17) is 4.98 Å². The summed E-state index contributed by atoms with van der Waals surface area (Å²) < 4.78 is 0. The molecule has 3 rings (SSSR count). The minimum atomic E-state index is 0.378. The van der Waals surface area contributed by atoms with Crippen molar-refractivity contribution in [3.8, 4) is 0 Å². The van der Waals surface area contributed by atoms with E-state index < -0.39 is 0 Å². The fraction of sp³-hybridized carbons (Fsp3) is 0.533. The van der Waals surface area contributed by atoms with Gasteiger partial charge in [-0.1, -0.05) is 0 Å². The molecular weight excluding hydrogens is 282 g/mol. The van der Waals surface area contributed by atoms with Gasteiger partial charge in [0.2, 0.25) is 0 Å². The maximum atomic E-state index is 4.81. The van der Waals surface area contributed by atoms with Crippen LogP contribution in [-0.4, -0.2) is 45.4 Å². The molecule has 2 aromatic heterocycles. The number of likely N-dealkylation sites (tertiary alicyclic amines) is 1. The number of nitrogens with zero attached hydrogens (tertiary/aromatic N) is 5. The summed E-state index contributed by atoms with van der Waals surface area (Å²) in [7, 11) is 4.11. The van der Waals surface area contributed by atoms with Crippen molar-refractivity contribution in [2.24, 2.45) is 0 Å². The van der Waals surface area contributed by atoms with Gasteiger partial charge in [0.1, 0.15) is 5.01 Å². The quantitative estimate of drug-likeness (QED) is 0.848. The Labute approximate surface area is 129 Å². The van der Waals surface area contributed by atoms with E-state index in [-0.39, 0.29) is 0 Å². The van der Waals surface area contributed by atoms with E-state index in [1.54, 1.807) is 11.3 Å². The Morgan fingerprint density at radius 1 is 1.38 bits per heavy atom. The molecule has 0 spiro atoms. The molecule has 0 radical (unpaired) electrons. The second-order valence-electron chi connectivity index (χ2n) is 5.73. The normalized spacial score (nSPS) is 19.5. The van der Waals surface area contributed by atoms with Crippen molar-refractivity contribution >= 4 is 11.3 Å². The van der Waals surface area contributed by atoms with Gasteiger partial charge in [0.25, 0.3) is 0 Å². The summed E-state index contributed by atoms with van der Waals surface area (Å²) in [5, 5.41) is 3.22. The number of thiazole rings is 1. The minimum Gasteiger partial charge on any atom is -0.304 e. The minimum absolute atomic E-state index is 0.378. The third-order valence-corrected chi connectivity index (χ3v) is 4.47. The molecule has 1 saturated heterocycles. The Kier molecular flexibility index (Phi) is 4.57. The highest BCUT2D eigenvalue weighted by atomic mass is 32.1. The van der Waals surface area contributed by atoms with Crippen LogP contribution in [0.5, 0.6) is 0 Å². The Hall–Kier alpha value is -1.37. The number of hydrogen-bond acceptors (Lipinski definition) is 6. The third-order valence-electron chi connectivity index (χ3n) is 3.71. The van der Waals surface area contributed by atoms with E-state index in [9.17, 15) is 0 Å². The van der Waals surface area contributed by atoms with Gasteiger partial charge in [0, 0.05) is 30.5 Å². The zero-order chi connectivity index (χ0) is 14.7. The molecular formula is C15H21N5S. The second-order valence-corrected chi connectivity index (χ2v) is 6.71. The molecule has 21 heavy (non-hydrogen) atoms. The fourth-order valence-electron chi connectivity index (χ4n) is 2.84. The van der Waals surface area contributed by atoms with Gasteiger partial charge in [0.05, 0.1) is 24.0 Å².